The number of hydrogen-bond donors (Lipinski definition) is 2. The van der Waals surface area contributed by atoms with Crippen LogP contribution in [0.4, 0.5) is 4.39 Å². The number of benzene rings is 1. The van der Waals surface area contributed by atoms with Crippen molar-refractivity contribution in [3.63, 3.8) is 0 Å². The van der Waals surface area contributed by atoms with Crippen molar-refractivity contribution in [2.75, 3.05) is 19.6 Å². The number of carbonyl (C=O) groups is 2. The quantitative estimate of drug-likeness (QED) is 0.852. The zero-order valence-electron chi connectivity index (χ0n) is 13.1. The monoisotopic (exact) mass is 343 g/mol. The molecule has 1 aromatic carbocycles. The van der Waals surface area contributed by atoms with Crippen molar-refractivity contribution in [2.24, 2.45) is 11.7 Å². The van der Waals surface area contributed by atoms with Crippen molar-refractivity contribution < 1.29 is 14.0 Å². The van der Waals surface area contributed by atoms with E-state index in [4.69, 9.17) is 5.73 Å². The number of nitrogens with zero attached hydrogens (tertiary/aromatic N) is 1. The third-order valence-corrected chi connectivity index (χ3v) is 4.05. The maximum atomic E-state index is 12.8. The molecule has 1 saturated heterocycles. The second kappa shape index (κ2) is 8.84. The zero-order valence-corrected chi connectivity index (χ0v) is 13.9. The van der Waals surface area contributed by atoms with E-state index in [0.29, 0.717) is 24.6 Å². The van der Waals surface area contributed by atoms with Crippen molar-refractivity contribution in [2.45, 2.75) is 25.8 Å². The molecular weight excluding hydrogens is 321 g/mol. The molecule has 5 nitrogen and oxygen atoms in total. The molecule has 2 amide bonds. The van der Waals surface area contributed by atoms with Crippen LogP contribution in [0.2, 0.25) is 0 Å². The number of hydrogen-bond acceptors (Lipinski definition) is 3. The Morgan fingerprint density at radius 1 is 1.35 bits per heavy atom. The average molecular weight is 344 g/mol. The Morgan fingerprint density at radius 3 is 2.57 bits per heavy atom. The van der Waals surface area contributed by atoms with Gasteiger partial charge in [-0.1, -0.05) is 0 Å². The predicted octanol–water partition coefficient (Wildman–Crippen LogP) is 1.56. The molecule has 0 saturated carbocycles. The third kappa shape index (κ3) is 5.18. The topological polar surface area (TPSA) is 75.4 Å². The fourth-order valence-corrected chi connectivity index (χ4v) is 2.79. The van der Waals surface area contributed by atoms with E-state index < -0.39 is 0 Å². The molecule has 1 fully saturated rings. The van der Waals surface area contributed by atoms with Crippen LogP contribution in [0.3, 0.4) is 0 Å². The molecule has 2 unspecified atom stereocenters. The number of halogens is 2. The SMILES string of the molecule is CC1CC(CN)CN1C(=O)CCNC(=O)c1ccc(F)cc1.Cl. The fourth-order valence-electron chi connectivity index (χ4n) is 2.79. The number of amides is 2. The summed E-state index contributed by atoms with van der Waals surface area (Å²) >= 11 is 0. The number of carbonyl (C=O) groups excluding carboxylic acids is 2. The molecule has 3 N–H and O–H groups in total. The molecule has 1 aliphatic rings. The van der Waals surface area contributed by atoms with Gasteiger partial charge in [-0.2, -0.15) is 0 Å². The molecule has 0 aliphatic carbocycles. The number of nitrogens with two attached hydrogens (primary N) is 1. The fraction of sp³-hybridized carbons (Fsp3) is 0.500. The summed E-state index contributed by atoms with van der Waals surface area (Å²) in [6, 6.07) is 5.51. The second-order valence-electron chi connectivity index (χ2n) is 5.75. The molecule has 7 heteroatoms. The molecule has 2 atom stereocenters. The normalized spacial score (nSPS) is 20.0. The van der Waals surface area contributed by atoms with Crippen molar-refractivity contribution in [1.29, 1.82) is 0 Å². The van der Waals surface area contributed by atoms with E-state index >= 15 is 0 Å². The molecule has 1 aliphatic heterocycles. The maximum absolute atomic E-state index is 12.8. The highest BCUT2D eigenvalue weighted by Crippen LogP contribution is 2.22. The van der Waals surface area contributed by atoms with Crippen LogP contribution in [0.1, 0.15) is 30.1 Å². The average Bonchev–Trinajstić information content (AvgIpc) is 2.89. The Balaban J connectivity index is 0.00000264. The minimum absolute atomic E-state index is 0. The second-order valence-corrected chi connectivity index (χ2v) is 5.75. The van der Waals surface area contributed by atoms with E-state index in [1.54, 1.807) is 0 Å². The molecule has 0 bridgehead atoms. The van der Waals surface area contributed by atoms with Crippen molar-refractivity contribution in [3.05, 3.63) is 35.6 Å². The van der Waals surface area contributed by atoms with Crippen molar-refractivity contribution in [3.8, 4) is 0 Å². The van der Waals surface area contributed by atoms with Gasteiger partial charge in [0.15, 0.2) is 0 Å². The van der Waals surface area contributed by atoms with Crippen molar-refractivity contribution >= 4 is 24.2 Å². The van der Waals surface area contributed by atoms with Crippen LogP contribution in [0, 0.1) is 11.7 Å². The number of rotatable bonds is 5. The molecule has 1 heterocycles. The minimum Gasteiger partial charge on any atom is -0.352 e. The maximum Gasteiger partial charge on any atom is 0.251 e. The van der Waals surface area contributed by atoms with Gasteiger partial charge in [0.25, 0.3) is 5.91 Å². The summed E-state index contributed by atoms with van der Waals surface area (Å²) in [5.74, 6) is -0.290. The van der Waals surface area contributed by atoms with Gasteiger partial charge >= 0.3 is 0 Å². The Morgan fingerprint density at radius 2 is 2.00 bits per heavy atom. The lowest BCUT2D eigenvalue weighted by Gasteiger charge is -2.21. The third-order valence-electron chi connectivity index (χ3n) is 4.05. The first-order chi connectivity index (χ1) is 10.5. The molecule has 1 aromatic rings. The van der Waals surface area contributed by atoms with Gasteiger partial charge in [-0.05, 0) is 50.1 Å². The van der Waals surface area contributed by atoms with Crippen LogP contribution in [-0.2, 0) is 4.79 Å². The largest absolute Gasteiger partial charge is 0.352 e. The first kappa shape index (κ1) is 19.4. The summed E-state index contributed by atoms with van der Waals surface area (Å²) in [6.07, 6.45) is 1.19. The van der Waals surface area contributed by atoms with Crippen LogP contribution in [0.25, 0.3) is 0 Å². The molecule has 0 aromatic heterocycles. The number of nitrogens with one attached hydrogen (secondary N) is 1. The highest BCUT2D eigenvalue weighted by atomic mass is 35.5. The molecule has 0 spiro atoms. The lowest BCUT2D eigenvalue weighted by atomic mass is 10.1. The highest BCUT2D eigenvalue weighted by Gasteiger charge is 2.31. The van der Waals surface area contributed by atoms with Gasteiger partial charge in [0, 0.05) is 31.1 Å². The minimum atomic E-state index is -0.385. The van der Waals surface area contributed by atoms with Crippen LogP contribution >= 0.6 is 12.4 Å². The van der Waals surface area contributed by atoms with Gasteiger partial charge in [-0.3, -0.25) is 9.59 Å². The summed E-state index contributed by atoms with van der Waals surface area (Å²) < 4.78 is 12.8. The molecule has 23 heavy (non-hydrogen) atoms. The number of likely N-dealkylation sites (tertiary alicyclic amines) is 1. The predicted molar refractivity (Wildman–Crippen MR) is 88.9 cm³/mol. The smallest absolute Gasteiger partial charge is 0.251 e. The van der Waals surface area contributed by atoms with Gasteiger partial charge in [0.05, 0.1) is 0 Å². The first-order valence-corrected chi connectivity index (χ1v) is 7.54. The van der Waals surface area contributed by atoms with Crippen LogP contribution in [0.5, 0.6) is 0 Å². The van der Waals surface area contributed by atoms with E-state index in [0.717, 1.165) is 6.42 Å². The Bertz CT molecular complexity index is 539. The Hall–Kier alpha value is -1.66. The van der Waals surface area contributed by atoms with Gasteiger partial charge in [-0.15, -0.1) is 12.4 Å². The highest BCUT2D eigenvalue weighted by molar-refractivity contribution is 5.94. The summed E-state index contributed by atoms with van der Waals surface area (Å²) in [4.78, 5) is 25.8. The van der Waals surface area contributed by atoms with Crippen LogP contribution < -0.4 is 11.1 Å². The van der Waals surface area contributed by atoms with E-state index in [-0.39, 0.29) is 49.0 Å². The molecule has 0 radical (unpaired) electrons. The van der Waals surface area contributed by atoms with Gasteiger partial charge in [-0.25, -0.2) is 4.39 Å². The van der Waals surface area contributed by atoms with E-state index in [2.05, 4.69) is 5.32 Å². The van der Waals surface area contributed by atoms with Gasteiger partial charge < -0.3 is 16.0 Å². The summed E-state index contributed by atoms with van der Waals surface area (Å²) in [6.45, 7) is 3.58. The van der Waals surface area contributed by atoms with Crippen molar-refractivity contribution in [1.82, 2.24) is 10.2 Å². The summed E-state index contributed by atoms with van der Waals surface area (Å²) in [5.41, 5.74) is 6.03. The first-order valence-electron chi connectivity index (χ1n) is 7.54. The molecule has 2 rings (SSSR count). The standard InChI is InChI=1S/C16H22FN3O2.ClH/c1-11-8-12(9-18)10-20(11)15(21)6-7-19-16(22)13-2-4-14(17)5-3-13;/h2-5,11-12H,6-10,18H2,1H3,(H,19,22);1H. The Labute approximate surface area is 141 Å². The van der Waals surface area contributed by atoms with Gasteiger partial charge in [0.2, 0.25) is 5.91 Å². The summed E-state index contributed by atoms with van der Waals surface area (Å²) in [7, 11) is 0. The van der Waals surface area contributed by atoms with Gasteiger partial charge in [0.1, 0.15) is 5.82 Å². The van der Waals surface area contributed by atoms with E-state index in [9.17, 15) is 14.0 Å². The zero-order chi connectivity index (χ0) is 16.1. The summed E-state index contributed by atoms with van der Waals surface area (Å²) in [5, 5.41) is 2.68. The lowest BCUT2D eigenvalue weighted by molar-refractivity contribution is -0.131. The van der Waals surface area contributed by atoms with Crippen LogP contribution in [0.15, 0.2) is 24.3 Å². The Kier molecular flexibility index (Phi) is 7.45. The molecular formula is C16H23ClFN3O2. The lowest BCUT2D eigenvalue weighted by Crippen LogP contribution is -2.37. The van der Waals surface area contributed by atoms with E-state index in [1.165, 1.54) is 24.3 Å². The van der Waals surface area contributed by atoms with E-state index in [1.807, 2.05) is 11.8 Å². The molecule has 128 valence electrons. The van der Waals surface area contributed by atoms with Crippen LogP contribution in [-0.4, -0.2) is 42.4 Å².